The molecular weight excluding hydrogens is 524 g/mol. The minimum absolute atomic E-state index is 0.163. The number of aromatic nitrogens is 8. The van der Waals surface area contributed by atoms with Gasteiger partial charge in [0, 0.05) is 29.7 Å². The summed E-state index contributed by atoms with van der Waals surface area (Å²) >= 11 is 0. The number of amides is 2. The van der Waals surface area contributed by atoms with E-state index in [2.05, 4.69) is 36.1 Å². The first-order valence-electron chi connectivity index (χ1n) is 13.0. The summed E-state index contributed by atoms with van der Waals surface area (Å²) in [6.07, 6.45) is 5.32. The van der Waals surface area contributed by atoms with Crippen LogP contribution in [0.15, 0.2) is 73.3 Å². The van der Waals surface area contributed by atoms with Crippen molar-refractivity contribution in [3.63, 3.8) is 0 Å². The van der Waals surface area contributed by atoms with E-state index in [1.165, 1.54) is 27.7 Å². The van der Waals surface area contributed by atoms with Crippen LogP contribution < -0.4 is 15.0 Å². The summed E-state index contributed by atoms with van der Waals surface area (Å²) in [4.78, 5) is 33.9. The van der Waals surface area contributed by atoms with Gasteiger partial charge in [0.2, 0.25) is 11.8 Å². The molecule has 0 saturated heterocycles. The van der Waals surface area contributed by atoms with Crippen LogP contribution in [-0.4, -0.2) is 64.6 Å². The van der Waals surface area contributed by atoms with E-state index in [1.54, 1.807) is 42.7 Å². The van der Waals surface area contributed by atoms with Gasteiger partial charge in [0.1, 0.15) is 35.9 Å². The number of anilines is 1. The largest absolute Gasteiger partial charge is 0.494 e. The van der Waals surface area contributed by atoms with Crippen LogP contribution in [0.25, 0.3) is 16.7 Å². The van der Waals surface area contributed by atoms with Gasteiger partial charge in [-0.05, 0) is 72.7 Å². The number of hydrogen-bond donors (Lipinski definition) is 1. The van der Waals surface area contributed by atoms with Gasteiger partial charge >= 0.3 is 0 Å². The lowest BCUT2D eigenvalue weighted by atomic mass is 9.98. The van der Waals surface area contributed by atoms with E-state index < -0.39 is 11.6 Å². The SMILES string of the molecule is CCC(C)(C)NC(=O)C(c1ccncc1)N(C(=O)Cn1nnc2ccccc21)c1ccc(-n2cnnn2)c(OC)c1. The molecule has 3 heterocycles. The van der Waals surface area contributed by atoms with Crippen LogP contribution in [0.4, 0.5) is 5.69 Å². The summed E-state index contributed by atoms with van der Waals surface area (Å²) in [5.41, 5.74) is 2.43. The summed E-state index contributed by atoms with van der Waals surface area (Å²) < 4.78 is 8.63. The molecule has 5 aromatic rings. The van der Waals surface area contributed by atoms with Crippen LogP contribution in [0.1, 0.15) is 38.8 Å². The number of para-hydroxylation sites is 1. The predicted molar refractivity (Wildman–Crippen MR) is 150 cm³/mol. The van der Waals surface area contributed by atoms with E-state index >= 15 is 0 Å². The lowest BCUT2D eigenvalue weighted by Gasteiger charge is -2.34. The minimum Gasteiger partial charge on any atom is -0.494 e. The van der Waals surface area contributed by atoms with Gasteiger partial charge in [-0.25, -0.2) is 4.68 Å². The fraction of sp³-hybridized carbons (Fsp3) is 0.286. The fourth-order valence-electron chi connectivity index (χ4n) is 4.41. The summed E-state index contributed by atoms with van der Waals surface area (Å²) in [5.74, 6) is -0.325. The molecule has 13 nitrogen and oxygen atoms in total. The first-order chi connectivity index (χ1) is 19.8. The average molecular weight is 555 g/mol. The van der Waals surface area contributed by atoms with Crippen LogP contribution in [0, 0.1) is 0 Å². The highest BCUT2D eigenvalue weighted by Gasteiger charge is 2.36. The molecule has 2 aromatic carbocycles. The molecular formula is C28H30N10O3. The van der Waals surface area contributed by atoms with Crippen LogP contribution in [-0.2, 0) is 16.1 Å². The molecule has 0 fully saturated rings. The Kier molecular flexibility index (Phi) is 7.68. The second-order valence-corrected chi connectivity index (χ2v) is 10.0. The minimum atomic E-state index is -1.03. The van der Waals surface area contributed by atoms with Gasteiger partial charge in [0.25, 0.3) is 0 Å². The zero-order valence-corrected chi connectivity index (χ0v) is 23.2. The molecule has 1 N–H and O–H groups in total. The summed E-state index contributed by atoms with van der Waals surface area (Å²) in [6, 6.07) is 14.9. The van der Waals surface area contributed by atoms with E-state index in [0.29, 0.717) is 40.1 Å². The number of rotatable bonds is 10. The maximum atomic E-state index is 14.3. The third kappa shape index (κ3) is 5.73. The van der Waals surface area contributed by atoms with E-state index in [0.717, 1.165) is 0 Å². The van der Waals surface area contributed by atoms with Gasteiger partial charge in [-0.2, -0.15) is 4.68 Å². The van der Waals surface area contributed by atoms with E-state index in [4.69, 9.17) is 4.74 Å². The first-order valence-corrected chi connectivity index (χ1v) is 13.0. The Morgan fingerprint density at radius 2 is 1.85 bits per heavy atom. The zero-order chi connectivity index (χ0) is 29.0. The Morgan fingerprint density at radius 1 is 1.07 bits per heavy atom. The number of benzene rings is 2. The van der Waals surface area contributed by atoms with Gasteiger partial charge in [-0.3, -0.25) is 19.5 Å². The summed E-state index contributed by atoms with van der Waals surface area (Å²) in [7, 11) is 1.51. The van der Waals surface area contributed by atoms with Crippen molar-refractivity contribution in [1.82, 2.24) is 45.5 Å². The molecule has 0 aliphatic rings. The van der Waals surface area contributed by atoms with Crippen molar-refractivity contribution in [2.75, 3.05) is 12.0 Å². The Hall–Kier alpha value is -5.20. The highest BCUT2D eigenvalue weighted by Crippen LogP contribution is 2.34. The predicted octanol–water partition coefficient (Wildman–Crippen LogP) is 2.89. The monoisotopic (exact) mass is 554 g/mol. The number of fused-ring (bicyclic) bond motifs is 1. The van der Waals surface area contributed by atoms with Crippen molar-refractivity contribution in [2.24, 2.45) is 0 Å². The van der Waals surface area contributed by atoms with Gasteiger partial charge in [0.05, 0.1) is 12.6 Å². The van der Waals surface area contributed by atoms with Gasteiger partial charge < -0.3 is 10.1 Å². The zero-order valence-electron chi connectivity index (χ0n) is 23.2. The molecule has 0 aliphatic carbocycles. The number of hydrogen-bond acceptors (Lipinski definition) is 9. The molecule has 2 amide bonds. The normalized spacial score (nSPS) is 12.2. The Balaban J connectivity index is 1.64. The van der Waals surface area contributed by atoms with Crippen molar-refractivity contribution >= 4 is 28.5 Å². The molecule has 210 valence electrons. The number of carbonyl (C=O) groups excluding carboxylic acids is 2. The number of ether oxygens (including phenoxy) is 1. The number of methoxy groups -OCH3 is 1. The first kappa shape index (κ1) is 27.4. The lowest BCUT2D eigenvalue weighted by Crippen LogP contribution is -2.51. The van der Waals surface area contributed by atoms with Crippen LogP contribution in [0.5, 0.6) is 5.75 Å². The standard InChI is InChI=1S/C28H30N10O3/c1-5-28(2,3)31-27(40)26(19-12-14-29-15-13-19)38(25(39)17-36-22-9-7-6-8-21(22)32-34-36)20-10-11-23(24(16-20)41-4)37-18-30-33-35-37/h6-16,18,26H,5,17H2,1-4H3,(H,31,40). The van der Waals surface area contributed by atoms with Crippen molar-refractivity contribution in [3.8, 4) is 11.4 Å². The molecule has 3 aromatic heterocycles. The summed E-state index contributed by atoms with van der Waals surface area (Å²) in [6.45, 7) is 5.70. The second-order valence-electron chi connectivity index (χ2n) is 10.0. The van der Waals surface area contributed by atoms with E-state index in [9.17, 15) is 9.59 Å². The molecule has 1 unspecified atom stereocenters. The molecule has 13 heteroatoms. The topological polar surface area (TPSA) is 146 Å². The van der Waals surface area contributed by atoms with Crippen LogP contribution >= 0.6 is 0 Å². The second kappa shape index (κ2) is 11.5. The maximum Gasteiger partial charge on any atom is 0.249 e. The third-order valence-corrected chi connectivity index (χ3v) is 6.89. The lowest BCUT2D eigenvalue weighted by molar-refractivity contribution is -0.128. The van der Waals surface area contributed by atoms with Crippen molar-refractivity contribution in [1.29, 1.82) is 0 Å². The van der Waals surface area contributed by atoms with Crippen LogP contribution in [0.3, 0.4) is 0 Å². The Labute approximate surface area is 236 Å². The average Bonchev–Trinajstić information content (AvgIpc) is 3.66. The molecule has 41 heavy (non-hydrogen) atoms. The van der Waals surface area contributed by atoms with Crippen molar-refractivity contribution < 1.29 is 14.3 Å². The molecule has 0 spiro atoms. The van der Waals surface area contributed by atoms with E-state index in [1.807, 2.05) is 45.0 Å². The fourth-order valence-corrected chi connectivity index (χ4v) is 4.41. The number of pyridine rings is 1. The highest BCUT2D eigenvalue weighted by atomic mass is 16.5. The maximum absolute atomic E-state index is 14.3. The Bertz CT molecular complexity index is 1650. The molecule has 0 aliphatic heterocycles. The van der Waals surface area contributed by atoms with Crippen molar-refractivity contribution in [2.45, 2.75) is 45.3 Å². The highest BCUT2D eigenvalue weighted by molar-refractivity contribution is 6.02. The molecule has 5 rings (SSSR count). The number of nitrogens with zero attached hydrogens (tertiary/aromatic N) is 9. The van der Waals surface area contributed by atoms with Gasteiger partial charge in [-0.15, -0.1) is 10.2 Å². The summed E-state index contributed by atoms with van der Waals surface area (Å²) in [5, 5.41) is 22.8. The molecule has 0 bridgehead atoms. The molecule has 1 atom stereocenters. The third-order valence-electron chi connectivity index (χ3n) is 6.89. The Morgan fingerprint density at radius 3 is 2.56 bits per heavy atom. The molecule has 0 saturated carbocycles. The van der Waals surface area contributed by atoms with Crippen LogP contribution in [0.2, 0.25) is 0 Å². The van der Waals surface area contributed by atoms with Gasteiger partial charge in [0.15, 0.2) is 0 Å². The molecule has 0 radical (unpaired) electrons. The number of carbonyl (C=O) groups is 2. The number of nitrogens with one attached hydrogen (secondary N) is 1. The number of tetrazole rings is 1. The van der Waals surface area contributed by atoms with Crippen molar-refractivity contribution in [3.05, 3.63) is 78.9 Å². The smallest absolute Gasteiger partial charge is 0.249 e. The quantitative estimate of drug-likeness (QED) is 0.275. The van der Waals surface area contributed by atoms with E-state index in [-0.39, 0.29) is 18.4 Å². The van der Waals surface area contributed by atoms with Gasteiger partial charge in [-0.1, -0.05) is 24.3 Å².